The van der Waals surface area contributed by atoms with Crippen molar-refractivity contribution < 1.29 is 18.0 Å². The zero-order chi connectivity index (χ0) is 13.2. The molecule has 1 aromatic carbocycles. The van der Waals surface area contributed by atoms with Gasteiger partial charge in [0, 0.05) is 16.4 Å². The van der Waals surface area contributed by atoms with Crippen LogP contribution in [0.5, 0.6) is 0 Å². The summed E-state index contributed by atoms with van der Waals surface area (Å²) in [6.07, 6.45) is -2.74. The Morgan fingerprint density at radius 1 is 1.24 bits per heavy atom. The highest BCUT2D eigenvalue weighted by Crippen LogP contribution is 2.33. The summed E-state index contributed by atoms with van der Waals surface area (Å²) >= 11 is 1.19. The number of benzene rings is 1. The summed E-state index contributed by atoms with van der Waals surface area (Å²) in [5, 5.41) is 0. The average Bonchev–Trinajstić information content (AvgIpc) is 2.26. The van der Waals surface area contributed by atoms with Crippen molar-refractivity contribution in [1.29, 1.82) is 0 Å². The number of thioether (sulfide) groups is 1. The van der Waals surface area contributed by atoms with Crippen molar-refractivity contribution in [1.82, 2.24) is 0 Å². The summed E-state index contributed by atoms with van der Waals surface area (Å²) in [5.41, 5.74) is -0.646. The summed E-state index contributed by atoms with van der Waals surface area (Å²) in [7, 11) is 0. The van der Waals surface area contributed by atoms with Gasteiger partial charge in [-0.05, 0) is 24.5 Å². The van der Waals surface area contributed by atoms with Crippen LogP contribution in [0.25, 0.3) is 0 Å². The number of carbonyl (C=O) groups is 1. The quantitative estimate of drug-likeness (QED) is 0.598. The molecule has 1 rings (SSSR count). The summed E-state index contributed by atoms with van der Waals surface area (Å²) in [5.74, 6) is -0.584. The third-order valence-electron chi connectivity index (χ3n) is 2.28. The molecule has 1 aromatic rings. The zero-order valence-electron chi connectivity index (χ0n) is 9.76. The number of ketones is 1. The molecule has 0 saturated carbocycles. The molecule has 0 amide bonds. The topological polar surface area (TPSA) is 17.1 Å². The first-order valence-corrected chi connectivity index (χ1v) is 6.28. The maximum absolute atomic E-state index is 12.6. The zero-order valence-corrected chi connectivity index (χ0v) is 10.6. The van der Waals surface area contributed by atoms with E-state index in [2.05, 4.69) is 0 Å². The minimum Gasteiger partial charge on any atom is -0.294 e. The molecule has 0 N–H and O–H groups in total. The van der Waals surface area contributed by atoms with E-state index in [0.29, 0.717) is 4.90 Å². The molecule has 0 saturated heterocycles. The van der Waals surface area contributed by atoms with E-state index in [0.717, 1.165) is 12.1 Å². The van der Waals surface area contributed by atoms with Gasteiger partial charge in [-0.1, -0.05) is 13.8 Å². The van der Waals surface area contributed by atoms with Crippen molar-refractivity contribution >= 4 is 17.5 Å². The Morgan fingerprint density at radius 2 is 1.82 bits per heavy atom. The summed E-state index contributed by atoms with van der Waals surface area (Å²) in [6, 6.07) is 3.48. The van der Waals surface area contributed by atoms with E-state index < -0.39 is 11.7 Å². The van der Waals surface area contributed by atoms with Crippen LogP contribution >= 0.6 is 11.8 Å². The van der Waals surface area contributed by atoms with Gasteiger partial charge in [0.1, 0.15) is 0 Å². The Hall–Kier alpha value is -0.970. The second-order valence-corrected chi connectivity index (χ2v) is 4.85. The molecule has 94 valence electrons. The van der Waals surface area contributed by atoms with Crippen molar-refractivity contribution in [3.05, 3.63) is 29.3 Å². The van der Waals surface area contributed by atoms with Gasteiger partial charge in [0.05, 0.1) is 5.56 Å². The van der Waals surface area contributed by atoms with Crippen LogP contribution < -0.4 is 0 Å². The molecule has 0 bridgehead atoms. The molecule has 0 aliphatic rings. The van der Waals surface area contributed by atoms with Gasteiger partial charge in [-0.15, -0.1) is 11.8 Å². The monoisotopic (exact) mass is 262 g/mol. The van der Waals surface area contributed by atoms with Gasteiger partial charge in [0.15, 0.2) is 5.78 Å². The van der Waals surface area contributed by atoms with Crippen LogP contribution in [0.1, 0.15) is 29.8 Å². The highest BCUT2D eigenvalue weighted by molar-refractivity contribution is 7.98. The van der Waals surface area contributed by atoms with Gasteiger partial charge in [0.2, 0.25) is 0 Å². The Morgan fingerprint density at radius 3 is 2.24 bits per heavy atom. The van der Waals surface area contributed by atoms with E-state index in [4.69, 9.17) is 0 Å². The van der Waals surface area contributed by atoms with Crippen molar-refractivity contribution in [2.24, 2.45) is 5.92 Å². The van der Waals surface area contributed by atoms with E-state index in [1.165, 1.54) is 17.8 Å². The van der Waals surface area contributed by atoms with Gasteiger partial charge in [-0.25, -0.2) is 0 Å². The fourth-order valence-corrected chi connectivity index (χ4v) is 1.85. The van der Waals surface area contributed by atoms with Crippen LogP contribution in [0.4, 0.5) is 13.2 Å². The fraction of sp³-hybridized carbons (Fsp3) is 0.417. The molecule has 1 nitrogen and oxygen atoms in total. The standard InChI is InChI=1S/C12H13F3OS/c1-7(2)11(16)8-4-9(12(13,14)15)6-10(5-8)17-3/h4-7H,1-3H3. The van der Waals surface area contributed by atoms with Crippen LogP contribution in [0.3, 0.4) is 0 Å². The van der Waals surface area contributed by atoms with Crippen LogP contribution in [-0.4, -0.2) is 12.0 Å². The first-order chi connectivity index (χ1) is 7.75. The molecule has 0 aliphatic heterocycles. The molecule has 0 aliphatic carbocycles. The second kappa shape index (κ2) is 5.12. The molecule has 0 fully saturated rings. The molecular weight excluding hydrogens is 249 g/mol. The molecule has 5 heteroatoms. The Labute approximate surface area is 102 Å². The summed E-state index contributed by atoms with van der Waals surface area (Å²) < 4.78 is 37.9. The molecule has 0 radical (unpaired) electrons. The van der Waals surface area contributed by atoms with Crippen molar-refractivity contribution in [3.63, 3.8) is 0 Å². The molecule has 0 atom stereocenters. The van der Waals surface area contributed by atoms with Crippen molar-refractivity contribution in [3.8, 4) is 0 Å². The highest BCUT2D eigenvalue weighted by Gasteiger charge is 2.31. The number of hydrogen-bond donors (Lipinski definition) is 0. The number of carbonyl (C=O) groups excluding carboxylic acids is 1. The van der Waals surface area contributed by atoms with Gasteiger partial charge < -0.3 is 0 Å². The Kier molecular flexibility index (Phi) is 4.25. The fourth-order valence-electron chi connectivity index (χ4n) is 1.36. The van der Waals surface area contributed by atoms with Crippen LogP contribution in [-0.2, 0) is 6.18 Å². The number of Topliss-reactive ketones (excluding diaryl/α,β-unsaturated/α-hetero) is 1. The predicted octanol–water partition coefficient (Wildman–Crippen LogP) is 4.27. The maximum Gasteiger partial charge on any atom is 0.416 e. The summed E-state index contributed by atoms with van der Waals surface area (Å²) in [4.78, 5) is 12.2. The molecule has 17 heavy (non-hydrogen) atoms. The first-order valence-electron chi connectivity index (χ1n) is 5.06. The van der Waals surface area contributed by atoms with Crippen LogP contribution in [0.2, 0.25) is 0 Å². The Balaban J connectivity index is 3.28. The molecule has 0 spiro atoms. The largest absolute Gasteiger partial charge is 0.416 e. The summed E-state index contributed by atoms with van der Waals surface area (Å²) in [6.45, 7) is 3.34. The second-order valence-electron chi connectivity index (χ2n) is 3.97. The third-order valence-corrected chi connectivity index (χ3v) is 2.99. The lowest BCUT2D eigenvalue weighted by Crippen LogP contribution is -2.11. The van der Waals surface area contributed by atoms with E-state index in [1.807, 2.05) is 0 Å². The smallest absolute Gasteiger partial charge is 0.294 e. The van der Waals surface area contributed by atoms with Gasteiger partial charge in [-0.3, -0.25) is 4.79 Å². The van der Waals surface area contributed by atoms with E-state index >= 15 is 0 Å². The molecule has 0 unspecified atom stereocenters. The minimum atomic E-state index is -4.42. The third kappa shape index (κ3) is 3.49. The molecule has 0 heterocycles. The lowest BCUT2D eigenvalue weighted by Gasteiger charge is -2.11. The number of rotatable bonds is 3. The minimum absolute atomic E-state index is 0.124. The number of hydrogen-bond acceptors (Lipinski definition) is 2. The van der Waals surface area contributed by atoms with Crippen LogP contribution in [0, 0.1) is 5.92 Å². The van der Waals surface area contributed by atoms with Gasteiger partial charge in [-0.2, -0.15) is 13.2 Å². The highest BCUT2D eigenvalue weighted by atomic mass is 32.2. The molecular formula is C12H13F3OS. The van der Waals surface area contributed by atoms with Gasteiger partial charge in [0.25, 0.3) is 0 Å². The van der Waals surface area contributed by atoms with Gasteiger partial charge >= 0.3 is 6.18 Å². The Bertz CT molecular complexity index is 424. The van der Waals surface area contributed by atoms with E-state index in [9.17, 15) is 18.0 Å². The average molecular weight is 262 g/mol. The van der Waals surface area contributed by atoms with E-state index in [1.54, 1.807) is 20.1 Å². The number of halogens is 3. The first kappa shape index (κ1) is 14.1. The lowest BCUT2D eigenvalue weighted by atomic mass is 9.99. The normalized spacial score (nSPS) is 11.9. The van der Waals surface area contributed by atoms with Crippen molar-refractivity contribution in [2.75, 3.05) is 6.26 Å². The lowest BCUT2D eigenvalue weighted by molar-refractivity contribution is -0.137. The molecule has 0 aromatic heterocycles. The van der Waals surface area contributed by atoms with E-state index in [-0.39, 0.29) is 17.3 Å². The maximum atomic E-state index is 12.6. The number of alkyl halides is 3. The van der Waals surface area contributed by atoms with Crippen LogP contribution in [0.15, 0.2) is 23.1 Å². The van der Waals surface area contributed by atoms with Crippen molar-refractivity contribution in [2.45, 2.75) is 24.9 Å². The predicted molar refractivity (Wildman–Crippen MR) is 62.4 cm³/mol. The SMILES string of the molecule is CSc1cc(C(=O)C(C)C)cc(C(F)(F)F)c1.